The fraction of sp³-hybridized carbons (Fsp3) is 0.0952. The average Bonchev–Trinajstić information content (AvgIpc) is 2.67. The predicted octanol–water partition coefficient (Wildman–Crippen LogP) is 3.03. The number of aryl methyl sites for hydroxylation is 1. The molecule has 3 rings (SSSR count). The second-order valence-corrected chi connectivity index (χ2v) is 6.49. The first-order chi connectivity index (χ1) is 13.0. The third kappa shape index (κ3) is 4.68. The molecule has 0 spiro atoms. The first kappa shape index (κ1) is 18.5. The van der Waals surface area contributed by atoms with Crippen LogP contribution in [0.15, 0.2) is 66.7 Å². The van der Waals surface area contributed by atoms with E-state index in [9.17, 15) is 9.59 Å². The van der Waals surface area contributed by atoms with E-state index < -0.39 is 0 Å². The first-order valence-electron chi connectivity index (χ1n) is 8.47. The highest BCUT2D eigenvalue weighted by molar-refractivity contribution is 7.80. The van der Waals surface area contributed by atoms with Crippen molar-refractivity contribution in [3.8, 4) is 0 Å². The van der Waals surface area contributed by atoms with Gasteiger partial charge in [-0.1, -0.05) is 60.7 Å². The number of rotatable bonds is 3. The molecule has 0 unspecified atom stereocenters. The zero-order valence-corrected chi connectivity index (χ0v) is 15.6. The van der Waals surface area contributed by atoms with Crippen molar-refractivity contribution in [3.63, 3.8) is 0 Å². The molecule has 0 aliphatic heterocycles. The molecule has 0 aliphatic rings. The van der Waals surface area contributed by atoms with Crippen LogP contribution in [-0.2, 0) is 11.2 Å². The number of thiocarbonyl (C=S) groups is 1. The number of amides is 2. The Morgan fingerprint density at radius 3 is 2.41 bits per heavy atom. The van der Waals surface area contributed by atoms with E-state index in [1.54, 1.807) is 12.1 Å². The molecule has 3 N–H and O–H groups in total. The number of hydrogen-bond donors (Lipinski definition) is 3. The largest absolute Gasteiger partial charge is 0.302 e. The Balaban J connectivity index is 1.55. The minimum atomic E-state index is -0.321. The van der Waals surface area contributed by atoms with Crippen molar-refractivity contribution in [1.82, 2.24) is 16.2 Å². The fourth-order valence-corrected chi connectivity index (χ4v) is 3.00. The quantitative estimate of drug-likeness (QED) is 0.485. The van der Waals surface area contributed by atoms with E-state index >= 15 is 0 Å². The topological polar surface area (TPSA) is 70.2 Å². The molecule has 0 aliphatic carbocycles. The molecule has 3 aromatic carbocycles. The molecule has 0 heterocycles. The number of carbonyl (C=O) groups excluding carboxylic acids is 2. The third-order valence-corrected chi connectivity index (χ3v) is 4.37. The molecule has 5 nitrogen and oxygen atoms in total. The van der Waals surface area contributed by atoms with Gasteiger partial charge in [-0.15, -0.1) is 0 Å². The minimum absolute atomic E-state index is 0.0437. The standard InChI is InChI=1S/C21H19N3O2S/c1-14-7-2-4-11-17(14)20(26)23-24-21(27)22-19(25)13-16-10-6-9-15-8-3-5-12-18(15)16/h2-12H,13H2,1H3,(H,23,26)(H2,22,24,25,27). The molecule has 27 heavy (non-hydrogen) atoms. The highest BCUT2D eigenvalue weighted by Crippen LogP contribution is 2.18. The van der Waals surface area contributed by atoms with Crippen molar-refractivity contribution in [2.45, 2.75) is 13.3 Å². The Labute approximate surface area is 162 Å². The van der Waals surface area contributed by atoms with Gasteiger partial charge in [0.1, 0.15) is 0 Å². The Kier molecular flexibility index (Phi) is 5.78. The van der Waals surface area contributed by atoms with Gasteiger partial charge in [0, 0.05) is 5.56 Å². The van der Waals surface area contributed by atoms with E-state index in [0.717, 1.165) is 21.9 Å². The predicted molar refractivity (Wildman–Crippen MR) is 110 cm³/mol. The summed E-state index contributed by atoms with van der Waals surface area (Å²) in [5, 5.41) is 4.73. The summed E-state index contributed by atoms with van der Waals surface area (Å²) in [5.74, 6) is -0.576. The normalized spacial score (nSPS) is 10.3. The molecule has 0 bridgehead atoms. The maximum Gasteiger partial charge on any atom is 0.269 e. The molecule has 0 radical (unpaired) electrons. The maximum absolute atomic E-state index is 12.3. The van der Waals surface area contributed by atoms with E-state index in [-0.39, 0.29) is 23.3 Å². The van der Waals surface area contributed by atoms with E-state index in [4.69, 9.17) is 12.2 Å². The van der Waals surface area contributed by atoms with Crippen molar-refractivity contribution in [2.24, 2.45) is 0 Å². The number of fused-ring (bicyclic) bond motifs is 1. The highest BCUT2D eigenvalue weighted by atomic mass is 32.1. The fourth-order valence-electron chi connectivity index (χ4n) is 2.83. The molecule has 0 saturated carbocycles. The van der Waals surface area contributed by atoms with Crippen LogP contribution in [0.3, 0.4) is 0 Å². The lowest BCUT2D eigenvalue weighted by atomic mass is 10.0. The van der Waals surface area contributed by atoms with Gasteiger partial charge in [-0.05, 0) is 47.1 Å². The van der Waals surface area contributed by atoms with Gasteiger partial charge in [-0.2, -0.15) is 0 Å². The zero-order chi connectivity index (χ0) is 19.2. The van der Waals surface area contributed by atoms with Crippen molar-refractivity contribution < 1.29 is 9.59 Å². The summed E-state index contributed by atoms with van der Waals surface area (Å²) in [4.78, 5) is 24.4. The lowest BCUT2D eigenvalue weighted by Crippen LogP contribution is -2.48. The summed E-state index contributed by atoms with van der Waals surface area (Å²) in [6.45, 7) is 1.85. The van der Waals surface area contributed by atoms with Gasteiger partial charge in [0.25, 0.3) is 5.91 Å². The summed E-state index contributed by atoms with van der Waals surface area (Å²) in [5.41, 5.74) is 7.36. The van der Waals surface area contributed by atoms with Crippen molar-refractivity contribution in [1.29, 1.82) is 0 Å². The molecule has 2 amide bonds. The summed E-state index contributed by atoms with van der Waals surface area (Å²) >= 11 is 5.09. The Hall–Kier alpha value is -3.25. The Bertz CT molecular complexity index is 1010. The van der Waals surface area contributed by atoms with Gasteiger partial charge in [0.15, 0.2) is 5.11 Å². The maximum atomic E-state index is 12.3. The number of hydrogen-bond acceptors (Lipinski definition) is 3. The van der Waals surface area contributed by atoms with Crippen molar-refractivity contribution in [3.05, 3.63) is 83.4 Å². The van der Waals surface area contributed by atoms with Crippen LogP contribution in [-0.4, -0.2) is 16.9 Å². The summed E-state index contributed by atoms with van der Waals surface area (Å²) in [6, 6.07) is 20.9. The van der Waals surface area contributed by atoms with E-state index in [1.165, 1.54) is 0 Å². The van der Waals surface area contributed by atoms with Crippen LogP contribution in [0.5, 0.6) is 0 Å². The number of nitrogens with one attached hydrogen (secondary N) is 3. The Morgan fingerprint density at radius 1 is 0.889 bits per heavy atom. The molecule has 0 aromatic heterocycles. The summed E-state index contributed by atoms with van der Waals surface area (Å²) in [7, 11) is 0. The average molecular weight is 377 g/mol. The number of benzene rings is 3. The van der Waals surface area contributed by atoms with Crippen molar-refractivity contribution in [2.75, 3.05) is 0 Å². The van der Waals surface area contributed by atoms with Crippen LogP contribution in [0.4, 0.5) is 0 Å². The number of carbonyl (C=O) groups is 2. The molecule has 136 valence electrons. The van der Waals surface area contributed by atoms with E-state index in [2.05, 4.69) is 16.2 Å². The van der Waals surface area contributed by atoms with Crippen LogP contribution < -0.4 is 16.2 Å². The molecular weight excluding hydrogens is 358 g/mol. The van der Waals surface area contributed by atoms with Crippen LogP contribution in [0.1, 0.15) is 21.5 Å². The van der Waals surface area contributed by atoms with Gasteiger partial charge in [0.05, 0.1) is 6.42 Å². The lowest BCUT2D eigenvalue weighted by molar-refractivity contribution is -0.119. The summed E-state index contributed by atoms with van der Waals surface area (Å²) < 4.78 is 0. The first-order valence-corrected chi connectivity index (χ1v) is 8.88. The molecule has 3 aromatic rings. The van der Waals surface area contributed by atoms with E-state index in [0.29, 0.717) is 5.56 Å². The smallest absolute Gasteiger partial charge is 0.269 e. The van der Waals surface area contributed by atoms with Gasteiger partial charge < -0.3 is 5.32 Å². The van der Waals surface area contributed by atoms with Crippen LogP contribution >= 0.6 is 12.2 Å². The minimum Gasteiger partial charge on any atom is -0.302 e. The van der Waals surface area contributed by atoms with E-state index in [1.807, 2.05) is 61.5 Å². The molecule has 0 atom stereocenters. The second kappa shape index (κ2) is 8.42. The van der Waals surface area contributed by atoms with Crippen LogP contribution in [0, 0.1) is 6.92 Å². The van der Waals surface area contributed by atoms with Gasteiger partial charge >= 0.3 is 0 Å². The summed E-state index contributed by atoms with van der Waals surface area (Å²) in [6.07, 6.45) is 0.189. The number of hydrazine groups is 1. The molecule has 6 heteroatoms. The van der Waals surface area contributed by atoms with Crippen LogP contribution in [0.25, 0.3) is 10.8 Å². The molecular formula is C21H19N3O2S. The van der Waals surface area contributed by atoms with Gasteiger partial charge in [-0.3, -0.25) is 20.4 Å². The van der Waals surface area contributed by atoms with Crippen molar-refractivity contribution >= 4 is 39.9 Å². The van der Waals surface area contributed by atoms with Gasteiger partial charge in [0.2, 0.25) is 5.91 Å². The monoisotopic (exact) mass is 377 g/mol. The lowest BCUT2D eigenvalue weighted by Gasteiger charge is -2.12. The zero-order valence-electron chi connectivity index (χ0n) is 14.8. The van der Waals surface area contributed by atoms with Crippen LogP contribution in [0.2, 0.25) is 0 Å². The second-order valence-electron chi connectivity index (χ2n) is 6.09. The molecule has 0 saturated heterocycles. The third-order valence-electron chi connectivity index (χ3n) is 4.16. The Morgan fingerprint density at radius 2 is 1.59 bits per heavy atom. The highest BCUT2D eigenvalue weighted by Gasteiger charge is 2.11. The molecule has 0 fully saturated rings. The SMILES string of the molecule is Cc1ccccc1C(=O)NNC(=S)NC(=O)Cc1cccc2ccccc12. The van der Waals surface area contributed by atoms with Gasteiger partial charge in [-0.25, -0.2) is 0 Å².